The highest BCUT2D eigenvalue weighted by atomic mass is 32.2. The number of anilines is 1. The fourth-order valence-electron chi connectivity index (χ4n) is 4.86. The number of aryl methyl sites for hydroxylation is 1. The molecule has 0 radical (unpaired) electrons. The number of rotatable bonds is 10. The van der Waals surface area contributed by atoms with Crippen LogP contribution in [-0.4, -0.2) is 13.4 Å². The average molecular weight is 587 g/mol. The Balaban J connectivity index is 1.39. The Morgan fingerprint density at radius 1 is 0.721 bits per heavy atom. The quantitative estimate of drug-likeness (QED) is 0.174. The van der Waals surface area contributed by atoms with E-state index in [-0.39, 0.29) is 21.7 Å². The normalized spacial score (nSPS) is 11.4. The zero-order valence-corrected chi connectivity index (χ0v) is 24.4. The lowest BCUT2D eigenvalue weighted by Gasteiger charge is -2.14. The average Bonchev–Trinajstić information content (AvgIpc) is 3.47. The molecule has 0 aliphatic rings. The summed E-state index contributed by atoms with van der Waals surface area (Å²) in [6.45, 7) is 2.20. The monoisotopic (exact) mass is 586 g/mol. The Morgan fingerprint density at radius 2 is 1.30 bits per heavy atom. The molecule has 1 N–H and O–H groups in total. The molecule has 0 spiro atoms. The van der Waals surface area contributed by atoms with Crippen LogP contribution in [0, 0.1) is 6.92 Å². The molecule has 6 rings (SSSR count). The summed E-state index contributed by atoms with van der Waals surface area (Å²) >= 11 is 0. The van der Waals surface area contributed by atoms with Crippen LogP contribution in [0.3, 0.4) is 0 Å². The Labute approximate surface area is 251 Å². The molecule has 214 valence electrons. The van der Waals surface area contributed by atoms with Crippen molar-refractivity contribution in [2.45, 2.75) is 29.3 Å². The second kappa shape index (κ2) is 12.4. The van der Waals surface area contributed by atoms with E-state index in [0.29, 0.717) is 12.3 Å². The van der Waals surface area contributed by atoms with E-state index in [1.807, 2.05) is 122 Å². The second-order valence-electron chi connectivity index (χ2n) is 10.2. The van der Waals surface area contributed by atoms with Gasteiger partial charge in [-0.05, 0) is 60.0 Å². The van der Waals surface area contributed by atoms with Gasteiger partial charge in [0.15, 0.2) is 0 Å². The lowest BCUT2D eigenvalue weighted by Crippen LogP contribution is -2.08. The molecule has 0 amide bonds. The maximum Gasteiger partial charge on any atom is 0.233 e. The summed E-state index contributed by atoms with van der Waals surface area (Å²) in [5.74, 6) is 1.36. The van der Waals surface area contributed by atoms with Crippen LogP contribution < -0.4 is 10.1 Å². The highest BCUT2D eigenvalue weighted by Gasteiger charge is 2.31. The molecule has 0 saturated heterocycles. The van der Waals surface area contributed by atoms with Crippen molar-refractivity contribution in [1.82, 2.24) is 4.98 Å². The molecule has 5 aromatic carbocycles. The van der Waals surface area contributed by atoms with Crippen molar-refractivity contribution in [3.63, 3.8) is 0 Å². The number of benzene rings is 5. The van der Waals surface area contributed by atoms with Gasteiger partial charge in [0.2, 0.25) is 26.6 Å². The number of nitrogens with zero attached hydrogens (tertiary/aromatic N) is 1. The number of hydrogen-bond donors (Lipinski definition) is 1. The Hall–Kier alpha value is -5.14. The van der Waals surface area contributed by atoms with Crippen LogP contribution in [0.1, 0.15) is 34.1 Å². The molecule has 0 bridgehead atoms. The van der Waals surface area contributed by atoms with Crippen molar-refractivity contribution in [2.24, 2.45) is 0 Å². The number of aromatic nitrogens is 1. The molecule has 43 heavy (non-hydrogen) atoms. The Bertz CT molecular complexity index is 1870. The van der Waals surface area contributed by atoms with Crippen LogP contribution in [0.15, 0.2) is 154 Å². The van der Waals surface area contributed by atoms with Crippen molar-refractivity contribution in [3.8, 4) is 11.5 Å². The van der Waals surface area contributed by atoms with E-state index < -0.39 is 15.8 Å². The number of sulfone groups is 1. The van der Waals surface area contributed by atoms with Crippen LogP contribution in [0.4, 0.5) is 5.88 Å². The van der Waals surface area contributed by atoms with E-state index in [9.17, 15) is 8.42 Å². The predicted molar refractivity (Wildman–Crippen MR) is 167 cm³/mol. The molecular weight excluding hydrogens is 556 g/mol. The van der Waals surface area contributed by atoms with Gasteiger partial charge in [-0.3, -0.25) is 0 Å². The number of ether oxygens (including phenoxy) is 1. The molecule has 7 heteroatoms. The van der Waals surface area contributed by atoms with E-state index in [2.05, 4.69) is 10.3 Å². The summed E-state index contributed by atoms with van der Waals surface area (Å²) < 4.78 is 40.2. The molecule has 0 aliphatic carbocycles. The van der Waals surface area contributed by atoms with Gasteiger partial charge < -0.3 is 14.5 Å². The largest absolute Gasteiger partial charge is 0.457 e. The van der Waals surface area contributed by atoms with E-state index in [4.69, 9.17) is 9.15 Å². The first-order valence-electron chi connectivity index (χ1n) is 14.0. The smallest absolute Gasteiger partial charge is 0.233 e. The van der Waals surface area contributed by atoms with Crippen LogP contribution in [0.5, 0.6) is 11.5 Å². The van der Waals surface area contributed by atoms with E-state index in [1.54, 1.807) is 24.3 Å². The van der Waals surface area contributed by atoms with Gasteiger partial charge in [0.1, 0.15) is 11.5 Å². The summed E-state index contributed by atoms with van der Waals surface area (Å²) in [5, 5.41) is 3.07. The minimum absolute atomic E-state index is 0.0850. The van der Waals surface area contributed by atoms with Crippen LogP contribution in [0.25, 0.3) is 0 Å². The highest BCUT2D eigenvalue weighted by Crippen LogP contribution is 2.37. The van der Waals surface area contributed by atoms with Gasteiger partial charge in [-0.1, -0.05) is 109 Å². The van der Waals surface area contributed by atoms with E-state index >= 15 is 0 Å². The molecule has 0 atom stereocenters. The van der Waals surface area contributed by atoms with Crippen molar-refractivity contribution >= 4 is 15.7 Å². The maximum absolute atomic E-state index is 14.0. The van der Waals surface area contributed by atoms with Crippen molar-refractivity contribution < 1.29 is 17.6 Å². The number of para-hydroxylation sites is 1. The predicted octanol–water partition coefficient (Wildman–Crippen LogP) is 8.40. The highest BCUT2D eigenvalue weighted by molar-refractivity contribution is 7.91. The van der Waals surface area contributed by atoms with Crippen LogP contribution in [-0.2, 0) is 16.4 Å². The standard InChI is InChI=1S/C36H30N2O4S/c1-26-20-22-32(23-21-26)43(39,40)36-35(37-25-27-12-11-19-31(24-27)41-30-17-9-4-10-18-30)42-34(38-36)33(28-13-5-2-6-14-28)29-15-7-3-8-16-29/h2-24,33,37H,25H2,1H3. The van der Waals surface area contributed by atoms with Crippen molar-refractivity contribution in [2.75, 3.05) is 5.32 Å². The second-order valence-corrected chi connectivity index (χ2v) is 12.0. The van der Waals surface area contributed by atoms with Gasteiger partial charge in [0, 0.05) is 6.54 Å². The molecule has 6 aromatic rings. The van der Waals surface area contributed by atoms with Gasteiger partial charge in [-0.15, -0.1) is 0 Å². The zero-order chi connectivity index (χ0) is 29.6. The van der Waals surface area contributed by atoms with Crippen molar-refractivity contribution in [1.29, 1.82) is 0 Å². The topological polar surface area (TPSA) is 81.4 Å². The molecule has 0 aliphatic heterocycles. The molecule has 0 fully saturated rings. The van der Waals surface area contributed by atoms with Crippen molar-refractivity contribution in [3.05, 3.63) is 168 Å². The fraction of sp³-hybridized carbons (Fsp3) is 0.0833. The molecule has 0 saturated carbocycles. The number of nitrogens with one attached hydrogen (secondary N) is 1. The summed E-state index contributed by atoms with van der Waals surface area (Å²) in [7, 11) is -4.01. The lowest BCUT2D eigenvalue weighted by molar-refractivity contribution is 0.481. The van der Waals surface area contributed by atoms with Gasteiger partial charge in [-0.2, -0.15) is 4.98 Å². The van der Waals surface area contributed by atoms with Gasteiger partial charge in [-0.25, -0.2) is 8.42 Å². The first-order valence-corrected chi connectivity index (χ1v) is 15.4. The third-order valence-electron chi connectivity index (χ3n) is 7.04. The summed E-state index contributed by atoms with van der Waals surface area (Å²) in [4.78, 5) is 4.83. The summed E-state index contributed by atoms with van der Waals surface area (Å²) in [6, 6.07) is 43.5. The molecule has 1 heterocycles. The minimum Gasteiger partial charge on any atom is -0.457 e. The first-order chi connectivity index (χ1) is 21.0. The first kappa shape index (κ1) is 28.0. The summed E-state index contributed by atoms with van der Waals surface area (Å²) in [5.41, 5.74) is 3.72. The molecule has 0 unspecified atom stereocenters. The number of hydrogen-bond acceptors (Lipinski definition) is 6. The lowest BCUT2D eigenvalue weighted by atomic mass is 9.91. The maximum atomic E-state index is 14.0. The zero-order valence-electron chi connectivity index (χ0n) is 23.6. The van der Waals surface area contributed by atoms with Crippen LogP contribution in [0.2, 0.25) is 0 Å². The summed E-state index contributed by atoms with van der Waals surface area (Å²) in [6.07, 6.45) is 0. The Morgan fingerprint density at radius 3 is 1.93 bits per heavy atom. The molecule has 1 aromatic heterocycles. The number of oxazole rings is 1. The van der Waals surface area contributed by atoms with E-state index in [0.717, 1.165) is 28.0 Å². The SMILES string of the molecule is Cc1ccc(S(=O)(=O)c2nc(C(c3ccccc3)c3ccccc3)oc2NCc2cccc(Oc3ccccc3)c2)cc1. The molecular formula is C36H30N2O4S. The minimum atomic E-state index is -4.01. The molecule has 6 nitrogen and oxygen atoms in total. The Kier molecular flexibility index (Phi) is 8.07. The van der Waals surface area contributed by atoms with Crippen LogP contribution >= 0.6 is 0 Å². The van der Waals surface area contributed by atoms with Gasteiger partial charge in [0.05, 0.1) is 10.8 Å². The van der Waals surface area contributed by atoms with Gasteiger partial charge >= 0.3 is 0 Å². The third kappa shape index (κ3) is 6.37. The fourth-order valence-corrected chi connectivity index (χ4v) is 6.15. The van der Waals surface area contributed by atoms with E-state index in [1.165, 1.54) is 0 Å². The third-order valence-corrected chi connectivity index (χ3v) is 8.72. The van der Waals surface area contributed by atoms with Gasteiger partial charge in [0.25, 0.3) is 0 Å².